The molecule has 1 amide bonds. The molecule has 1 aliphatic rings. The summed E-state index contributed by atoms with van der Waals surface area (Å²) in [5, 5.41) is 3.00. The first-order valence-electron chi connectivity index (χ1n) is 8.96. The number of carbonyl (C=O) groups excluding carboxylic acids is 1. The zero-order valence-corrected chi connectivity index (χ0v) is 14.8. The van der Waals surface area contributed by atoms with Crippen LogP contribution >= 0.6 is 0 Å². The Morgan fingerprint density at radius 1 is 1.07 bits per heavy atom. The molecule has 1 unspecified atom stereocenters. The standard InChI is InChI=1S/C22H20N2O3/c25-22(17-10-12-23-21(14-17)27-18-11-13-26-15-18)24-20-9-5-4-8-19(20)16-6-2-1-3-7-16/h1-10,12,14,18H,11,13,15H2,(H,24,25). The van der Waals surface area contributed by atoms with Gasteiger partial charge in [0.1, 0.15) is 6.10 Å². The molecule has 0 aliphatic carbocycles. The maximum absolute atomic E-state index is 12.8. The number of hydrogen-bond acceptors (Lipinski definition) is 4. The van der Waals surface area contributed by atoms with Crippen LogP contribution in [0.4, 0.5) is 5.69 Å². The van der Waals surface area contributed by atoms with Crippen molar-refractivity contribution in [3.05, 3.63) is 78.5 Å². The fourth-order valence-corrected chi connectivity index (χ4v) is 3.05. The number of rotatable bonds is 5. The number of hydrogen-bond donors (Lipinski definition) is 1. The molecule has 1 fully saturated rings. The fourth-order valence-electron chi connectivity index (χ4n) is 3.05. The van der Waals surface area contributed by atoms with Gasteiger partial charge in [-0.25, -0.2) is 4.98 Å². The maximum atomic E-state index is 12.8. The highest BCUT2D eigenvalue weighted by molar-refractivity contribution is 6.06. The van der Waals surface area contributed by atoms with E-state index in [0.717, 1.165) is 23.2 Å². The highest BCUT2D eigenvalue weighted by Crippen LogP contribution is 2.28. The molecule has 1 N–H and O–H groups in total. The van der Waals surface area contributed by atoms with Crippen LogP contribution in [0, 0.1) is 0 Å². The monoisotopic (exact) mass is 360 g/mol. The van der Waals surface area contributed by atoms with Crippen LogP contribution in [-0.2, 0) is 4.74 Å². The van der Waals surface area contributed by atoms with Crippen LogP contribution < -0.4 is 10.1 Å². The van der Waals surface area contributed by atoms with Gasteiger partial charge in [-0.1, -0.05) is 48.5 Å². The molecule has 1 saturated heterocycles. The Labute approximate surface area is 158 Å². The number of anilines is 1. The van der Waals surface area contributed by atoms with Gasteiger partial charge in [-0.2, -0.15) is 0 Å². The Kier molecular flexibility index (Phi) is 5.12. The second-order valence-electron chi connectivity index (χ2n) is 6.35. The van der Waals surface area contributed by atoms with Crippen molar-refractivity contribution >= 4 is 11.6 Å². The van der Waals surface area contributed by atoms with Gasteiger partial charge in [-0.3, -0.25) is 4.79 Å². The van der Waals surface area contributed by atoms with E-state index in [0.29, 0.717) is 24.7 Å². The molecule has 27 heavy (non-hydrogen) atoms. The Bertz CT molecular complexity index is 922. The van der Waals surface area contributed by atoms with Gasteiger partial charge in [0.15, 0.2) is 0 Å². The van der Waals surface area contributed by atoms with E-state index in [9.17, 15) is 4.79 Å². The summed E-state index contributed by atoms with van der Waals surface area (Å²) < 4.78 is 11.1. The average molecular weight is 360 g/mol. The summed E-state index contributed by atoms with van der Waals surface area (Å²) in [6.45, 7) is 1.25. The maximum Gasteiger partial charge on any atom is 0.255 e. The van der Waals surface area contributed by atoms with Crippen molar-refractivity contribution in [2.45, 2.75) is 12.5 Å². The van der Waals surface area contributed by atoms with Crippen molar-refractivity contribution in [1.29, 1.82) is 0 Å². The zero-order chi connectivity index (χ0) is 18.5. The molecule has 0 radical (unpaired) electrons. The van der Waals surface area contributed by atoms with Gasteiger partial charge < -0.3 is 14.8 Å². The quantitative estimate of drug-likeness (QED) is 0.742. The number of aromatic nitrogens is 1. The third-order valence-corrected chi connectivity index (χ3v) is 4.43. The van der Waals surface area contributed by atoms with Crippen molar-refractivity contribution in [1.82, 2.24) is 4.98 Å². The van der Waals surface area contributed by atoms with Crippen LogP contribution in [0.5, 0.6) is 5.88 Å². The Balaban J connectivity index is 1.53. The second kappa shape index (κ2) is 8.01. The zero-order valence-electron chi connectivity index (χ0n) is 14.8. The minimum Gasteiger partial charge on any atom is -0.472 e. The molecule has 2 aromatic carbocycles. The average Bonchev–Trinajstić information content (AvgIpc) is 3.22. The largest absolute Gasteiger partial charge is 0.472 e. The lowest BCUT2D eigenvalue weighted by Gasteiger charge is -2.13. The van der Waals surface area contributed by atoms with Crippen LogP contribution in [0.3, 0.4) is 0 Å². The van der Waals surface area contributed by atoms with E-state index in [1.807, 2.05) is 54.6 Å². The molecule has 0 spiro atoms. The van der Waals surface area contributed by atoms with Crippen LogP contribution in [0.2, 0.25) is 0 Å². The summed E-state index contributed by atoms with van der Waals surface area (Å²) in [6, 6.07) is 21.1. The third kappa shape index (κ3) is 4.15. The summed E-state index contributed by atoms with van der Waals surface area (Å²) in [5.41, 5.74) is 3.28. The van der Waals surface area contributed by atoms with Crippen molar-refractivity contribution < 1.29 is 14.3 Å². The smallest absolute Gasteiger partial charge is 0.255 e. The second-order valence-corrected chi connectivity index (χ2v) is 6.35. The van der Waals surface area contributed by atoms with Crippen LogP contribution in [0.15, 0.2) is 72.9 Å². The minimum absolute atomic E-state index is 0.00498. The summed E-state index contributed by atoms with van der Waals surface area (Å²) >= 11 is 0. The lowest BCUT2D eigenvalue weighted by Crippen LogP contribution is -2.17. The lowest BCUT2D eigenvalue weighted by atomic mass is 10.0. The van der Waals surface area contributed by atoms with Gasteiger partial charge in [-0.15, -0.1) is 0 Å². The number of para-hydroxylation sites is 1. The Morgan fingerprint density at radius 3 is 2.70 bits per heavy atom. The SMILES string of the molecule is O=C(Nc1ccccc1-c1ccccc1)c1ccnc(OC2CCOC2)c1. The molecule has 5 nitrogen and oxygen atoms in total. The van der Waals surface area contributed by atoms with E-state index >= 15 is 0 Å². The summed E-state index contributed by atoms with van der Waals surface area (Å²) in [4.78, 5) is 17.0. The van der Waals surface area contributed by atoms with Crippen molar-refractivity contribution in [2.24, 2.45) is 0 Å². The summed E-state index contributed by atoms with van der Waals surface area (Å²) in [6.07, 6.45) is 2.42. The van der Waals surface area contributed by atoms with E-state index in [2.05, 4.69) is 10.3 Å². The first-order valence-corrected chi connectivity index (χ1v) is 8.96. The number of nitrogens with one attached hydrogen (secondary N) is 1. The van der Waals surface area contributed by atoms with Crippen molar-refractivity contribution in [3.8, 4) is 17.0 Å². The topological polar surface area (TPSA) is 60.5 Å². The van der Waals surface area contributed by atoms with Crippen LogP contribution in [0.25, 0.3) is 11.1 Å². The lowest BCUT2D eigenvalue weighted by molar-refractivity contribution is 0.102. The number of ether oxygens (including phenoxy) is 2. The van der Waals surface area contributed by atoms with Crippen LogP contribution in [-0.4, -0.2) is 30.2 Å². The molecular weight excluding hydrogens is 340 g/mol. The number of amides is 1. The number of benzene rings is 2. The minimum atomic E-state index is -0.201. The molecule has 0 bridgehead atoms. The van der Waals surface area contributed by atoms with E-state index in [1.54, 1.807) is 18.3 Å². The molecule has 1 atom stereocenters. The molecule has 136 valence electrons. The highest BCUT2D eigenvalue weighted by atomic mass is 16.5. The van der Waals surface area contributed by atoms with E-state index in [1.165, 1.54) is 0 Å². The van der Waals surface area contributed by atoms with Gasteiger partial charge in [0, 0.05) is 35.5 Å². The highest BCUT2D eigenvalue weighted by Gasteiger charge is 2.18. The number of pyridine rings is 1. The van der Waals surface area contributed by atoms with Gasteiger partial charge in [0.2, 0.25) is 5.88 Å². The first kappa shape index (κ1) is 17.2. The Hall–Kier alpha value is -3.18. The third-order valence-electron chi connectivity index (χ3n) is 4.43. The molecule has 3 aromatic rings. The molecule has 5 heteroatoms. The van der Waals surface area contributed by atoms with Crippen molar-refractivity contribution in [2.75, 3.05) is 18.5 Å². The first-order chi connectivity index (χ1) is 13.3. The van der Waals surface area contributed by atoms with Crippen LogP contribution in [0.1, 0.15) is 16.8 Å². The van der Waals surface area contributed by atoms with E-state index in [-0.39, 0.29) is 12.0 Å². The molecule has 1 aromatic heterocycles. The summed E-state index contributed by atoms with van der Waals surface area (Å²) in [5.74, 6) is 0.239. The Morgan fingerprint density at radius 2 is 1.89 bits per heavy atom. The van der Waals surface area contributed by atoms with Gasteiger partial charge in [-0.05, 0) is 17.7 Å². The van der Waals surface area contributed by atoms with Gasteiger partial charge in [0.25, 0.3) is 5.91 Å². The fraction of sp³-hybridized carbons (Fsp3) is 0.182. The predicted molar refractivity (Wildman–Crippen MR) is 104 cm³/mol. The normalized spacial score (nSPS) is 16.1. The molecule has 1 aliphatic heterocycles. The van der Waals surface area contributed by atoms with Gasteiger partial charge in [0.05, 0.1) is 13.2 Å². The number of nitrogens with zero attached hydrogens (tertiary/aromatic N) is 1. The predicted octanol–water partition coefficient (Wildman–Crippen LogP) is 4.17. The summed E-state index contributed by atoms with van der Waals surface area (Å²) in [7, 11) is 0. The van der Waals surface area contributed by atoms with E-state index in [4.69, 9.17) is 9.47 Å². The number of carbonyl (C=O) groups is 1. The molecule has 4 rings (SSSR count). The molecule has 0 saturated carbocycles. The molecule has 2 heterocycles. The van der Waals surface area contributed by atoms with E-state index < -0.39 is 0 Å². The molecular formula is C22H20N2O3. The van der Waals surface area contributed by atoms with Gasteiger partial charge >= 0.3 is 0 Å². The van der Waals surface area contributed by atoms with Crippen molar-refractivity contribution in [3.63, 3.8) is 0 Å².